The van der Waals surface area contributed by atoms with Gasteiger partial charge in [-0.15, -0.1) is 11.6 Å². The molecule has 1 aliphatic rings. The Kier molecular flexibility index (Phi) is 6.58. The van der Waals surface area contributed by atoms with E-state index in [2.05, 4.69) is 24.4 Å². The Morgan fingerprint density at radius 1 is 1.37 bits per heavy atom. The summed E-state index contributed by atoms with van der Waals surface area (Å²) in [6, 6.07) is 7.29. The van der Waals surface area contributed by atoms with Crippen molar-refractivity contribution in [2.45, 2.75) is 43.1 Å². The van der Waals surface area contributed by atoms with Crippen LogP contribution in [-0.2, 0) is 14.8 Å². The molecule has 0 saturated carbocycles. The summed E-state index contributed by atoms with van der Waals surface area (Å²) in [5.74, 6) is -0.0408. The fourth-order valence-electron chi connectivity index (χ4n) is 2.88. The maximum absolute atomic E-state index is 12.6. The standard InChI is InChI=1S/C17H24ClN3O4SSi/c1-25-17(22)21-13-8-6-5-7-12(13)15(18)16(14(21)11-19)20-26(23,24)9-10-27(2,3)4/h5-8,14-16,20H,9-10H2,1-4H3/t14-,15-,16-/m0/s1. The van der Waals surface area contributed by atoms with Crippen LogP contribution >= 0.6 is 11.6 Å². The molecule has 1 heterocycles. The van der Waals surface area contributed by atoms with Gasteiger partial charge in [0.05, 0.1) is 36.0 Å². The monoisotopic (exact) mass is 429 g/mol. The lowest BCUT2D eigenvalue weighted by Gasteiger charge is -2.40. The van der Waals surface area contributed by atoms with Crippen LogP contribution in [0.2, 0.25) is 25.7 Å². The van der Waals surface area contributed by atoms with E-state index in [0.717, 1.165) is 4.90 Å². The molecule has 0 fully saturated rings. The van der Waals surface area contributed by atoms with Crippen molar-refractivity contribution < 1.29 is 17.9 Å². The van der Waals surface area contributed by atoms with E-state index in [-0.39, 0.29) is 5.75 Å². The number of anilines is 1. The van der Waals surface area contributed by atoms with Crippen LogP contribution < -0.4 is 9.62 Å². The summed E-state index contributed by atoms with van der Waals surface area (Å²) in [6.07, 6.45) is -0.746. The lowest BCUT2D eigenvalue weighted by molar-refractivity contribution is 0.175. The number of nitrogens with zero attached hydrogens (tertiary/aromatic N) is 2. The largest absolute Gasteiger partial charge is 0.452 e. The van der Waals surface area contributed by atoms with Gasteiger partial charge in [-0.3, -0.25) is 4.90 Å². The Morgan fingerprint density at radius 2 is 2.00 bits per heavy atom. The van der Waals surface area contributed by atoms with Gasteiger partial charge < -0.3 is 4.74 Å². The number of rotatable bonds is 5. The molecule has 1 N–H and O–H groups in total. The van der Waals surface area contributed by atoms with E-state index in [1.165, 1.54) is 7.11 Å². The molecule has 27 heavy (non-hydrogen) atoms. The quantitative estimate of drug-likeness (QED) is 0.572. The number of carbonyl (C=O) groups is 1. The number of hydrogen-bond donors (Lipinski definition) is 1. The summed E-state index contributed by atoms with van der Waals surface area (Å²) in [4.78, 5) is 13.5. The number of carbonyl (C=O) groups excluding carboxylic acids is 1. The van der Waals surface area contributed by atoms with Gasteiger partial charge in [0.15, 0.2) is 0 Å². The number of amides is 1. The second kappa shape index (κ2) is 8.18. The van der Waals surface area contributed by atoms with Gasteiger partial charge in [0, 0.05) is 8.07 Å². The number of nitriles is 1. The number of sulfonamides is 1. The van der Waals surface area contributed by atoms with Crippen LogP contribution in [-0.4, -0.2) is 47.5 Å². The molecule has 2 rings (SSSR count). The first-order valence-corrected chi connectivity index (χ1v) is 14.3. The van der Waals surface area contributed by atoms with Gasteiger partial charge in [-0.25, -0.2) is 17.9 Å². The third-order valence-corrected chi connectivity index (χ3v) is 8.36. The zero-order valence-electron chi connectivity index (χ0n) is 15.8. The molecule has 7 nitrogen and oxygen atoms in total. The topological polar surface area (TPSA) is 99.5 Å². The van der Waals surface area contributed by atoms with Gasteiger partial charge in [-0.05, 0) is 17.7 Å². The highest BCUT2D eigenvalue weighted by atomic mass is 35.5. The number of halogens is 1. The van der Waals surface area contributed by atoms with Crippen LogP contribution in [0.5, 0.6) is 0 Å². The number of fused-ring (bicyclic) bond motifs is 1. The van der Waals surface area contributed by atoms with Crippen LogP contribution in [0.3, 0.4) is 0 Å². The van der Waals surface area contributed by atoms with Crippen molar-refractivity contribution in [2.24, 2.45) is 0 Å². The summed E-state index contributed by atoms with van der Waals surface area (Å²) in [5.41, 5.74) is 1.00. The van der Waals surface area contributed by atoms with E-state index in [4.69, 9.17) is 16.3 Å². The van der Waals surface area contributed by atoms with Gasteiger partial charge in [0.2, 0.25) is 10.0 Å². The maximum atomic E-state index is 12.6. The van der Waals surface area contributed by atoms with Crippen LogP contribution in [0.1, 0.15) is 10.9 Å². The number of nitrogens with one attached hydrogen (secondary N) is 1. The first kappa shape index (κ1) is 21.7. The molecular formula is C17H24ClN3O4SSi. The molecule has 1 aliphatic heterocycles. The second-order valence-electron chi connectivity index (χ2n) is 7.65. The number of methoxy groups -OCH3 is 1. The predicted octanol–water partition coefficient (Wildman–Crippen LogP) is 3.07. The lowest BCUT2D eigenvalue weighted by Crippen LogP contribution is -2.58. The maximum Gasteiger partial charge on any atom is 0.415 e. The van der Waals surface area contributed by atoms with Crippen molar-refractivity contribution in [3.63, 3.8) is 0 Å². The van der Waals surface area contributed by atoms with Crippen LogP contribution in [0.4, 0.5) is 10.5 Å². The zero-order chi connectivity index (χ0) is 20.4. The number of para-hydroxylation sites is 1. The summed E-state index contributed by atoms with van der Waals surface area (Å²) in [5, 5.41) is 8.89. The summed E-state index contributed by atoms with van der Waals surface area (Å²) < 4.78 is 32.6. The van der Waals surface area contributed by atoms with Crippen molar-refractivity contribution in [1.82, 2.24) is 4.72 Å². The molecule has 0 unspecified atom stereocenters. The molecule has 0 aliphatic carbocycles. The Labute approximate surface area is 166 Å². The van der Waals surface area contributed by atoms with Crippen molar-refractivity contribution in [2.75, 3.05) is 17.8 Å². The molecule has 10 heteroatoms. The smallest absolute Gasteiger partial charge is 0.415 e. The number of alkyl halides is 1. The molecule has 0 saturated heterocycles. The lowest BCUT2D eigenvalue weighted by atomic mass is 9.92. The van der Waals surface area contributed by atoms with Crippen LogP contribution in [0, 0.1) is 11.3 Å². The van der Waals surface area contributed by atoms with Gasteiger partial charge in [0.1, 0.15) is 6.04 Å². The molecule has 148 valence electrons. The highest BCUT2D eigenvalue weighted by Gasteiger charge is 2.45. The SMILES string of the molecule is COC(=O)N1c2ccccc2[C@H](Cl)[C@@H](NS(=O)(=O)CC[Si](C)(C)C)[C@@H]1C#N. The summed E-state index contributed by atoms with van der Waals surface area (Å²) in [7, 11) is -4.04. The van der Waals surface area contributed by atoms with E-state index < -0.39 is 41.7 Å². The normalized spacial score (nSPS) is 22.7. The Morgan fingerprint density at radius 3 is 2.56 bits per heavy atom. The van der Waals surface area contributed by atoms with Gasteiger partial charge in [-0.1, -0.05) is 37.8 Å². The summed E-state index contributed by atoms with van der Waals surface area (Å²) >= 11 is 6.55. The molecule has 1 aromatic carbocycles. The van der Waals surface area contributed by atoms with E-state index in [1.54, 1.807) is 24.3 Å². The molecule has 0 radical (unpaired) electrons. The highest BCUT2D eigenvalue weighted by molar-refractivity contribution is 7.89. The average molecular weight is 430 g/mol. The molecule has 0 spiro atoms. The summed E-state index contributed by atoms with van der Waals surface area (Å²) in [6.45, 7) is 6.25. The minimum Gasteiger partial charge on any atom is -0.452 e. The molecule has 3 atom stereocenters. The van der Waals surface area contributed by atoms with E-state index in [1.807, 2.05) is 6.07 Å². The minimum atomic E-state index is -3.68. The minimum absolute atomic E-state index is 0.0408. The van der Waals surface area contributed by atoms with Crippen molar-refractivity contribution in [1.29, 1.82) is 5.26 Å². The van der Waals surface area contributed by atoms with E-state index >= 15 is 0 Å². The Bertz CT molecular complexity index is 850. The second-order valence-corrected chi connectivity index (χ2v) is 15.6. The van der Waals surface area contributed by atoms with Gasteiger partial charge in [0.25, 0.3) is 0 Å². The van der Waals surface area contributed by atoms with Crippen LogP contribution in [0.15, 0.2) is 24.3 Å². The molecular weight excluding hydrogens is 406 g/mol. The molecule has 0 aromatic heterocycles. The van der Waals surface area contributed by atoms with Crippen molar-refractivity contribution >= 4 is 41.5 Å². The zero-order valence-corrected chi connectivity index (χ0v) is 18.3. The number of benzene rings is 1. The van der Waals surface area contributed by atoms with Crippen molar-refractivity contribution in [3.8, 4) is 6.07 Å². The molecule has 1 aromatic rings. The highest BCUT2D eigenvalue weighted by Crippen LogP contribution is 2.41. The first-order chi connectivity index (χ1) is 12.5. The van der Waals surface area contributed by atoms with E-state index in [9.17, 15) is 18.5 Å². The fourth-order valence-corrected chi connectivity index (χ4v) is 7.67. The predicted molar refractivity (Wildman–Crippen MR) is 108 cm³/mol. The molecule has 1 amide bonds. The fraction of sp³-hybridized carbons (Fsp3) is 0.529. The van der Waals surface area contributed by atoms with Crippen molar-refractivity contribution in [3.05, 3.63) is 29.8 Å². The van der Waals surface area contributed by atoms with E-state index in [0.29, 0.717) is 17.3 Å². The first-order valence-electron chi connectivity index (χ1n) is 8.50. The third kappa shape index (κ3) is 5.02. The van der Waals surface area contributed by atoms with Gasteiger partial charge in [-0.2, -0.15) is 5.26 Å². The molecule has 0 bridgehead atoms. The Hall–Kier alpha value is -1.60. The number of hydrogen-bond acceptors (Lipinski definition) is 5. The van der Waals surface area contributed by atoms with Crippen LogP contribution in [0.25, 0.3) is 0 Å². The number of ether oxygens (including phenoxy) is 1. The Balaban J connectivity index is 2.41. The average Bonchev–Trinajstić information content (AvgIpc) is 2.61. The third-order valence-electron chi connectivity index (χ3n) is 4.37. The van der Waals surface area contributed by atoms with Gasteiger partial charge >= 0.3 is 6.09 Å².